The Morgan fingerprint density at radius 3 is 2.55 bits per heavy atom. The molecular formula is C20H14F5N5O3. The van der Waals surface area contributed by atoms with Crippen molar-refractivity contribution in [3.05, 3.63) is 79.4 Å². The smallest absolute Gasteiger partial charge is 0.437 e. The molecule has 2 heterocycles. The standard InChI is InChI=1S/C20H14F5N5O3/c1-2-10-3-11(7-26)5-13(4-10)33-15-16(20(23,24)25)27-9-30(19(15)32)8-12-6-14(17(21)22)28-29-18(12)31/h3-6,9,17H,2,8H2,1H3,(H,29,31). The van der Waals surface area contributed by atoms with E-state index in [0.717, 1.165) is 12.1 Å². The maximum atomic E-state index is 13.5. The molecule has 0 aliphatic rings. The maximum Gasteiger partial charge on any atom is 0.437 e. The Hall–Kier alpha value is -4.08. The van der Waals surface area contributed by atoms with Crippen LogP contribution in [-0.4, -0.2) is 19.7 Å². The summed E-state index contributed by atoms with van der Waals surface area (Å²) in [5.41, 5.74) is -4.31. The number of halogens is 5. The molecule has 1 aromatic carbocycles. The molecule has 0 saturated heterocycles. The number of hydrogen-bond acceptors (Lipinski definition) is 6. The number of aromatic amines is 1. The van der Waals surface area contributed by atoms with E-state index in [1.165, 1.54) is 12.1 Å². The number of alkyl halides is 5. The average Bonchev–Trinajstić information content (AvgIpc) is 2.76. The van der Waals surface area contributed by atoms with Crippen molar-refractivity contribution in [1.29, 1.82) is 5.26 Å². The van der Waals surface area contributed by atoms with Gasteiger partial charge in [-0.3, -0.25) is 14.2 Å². The molecule has 0 radical (unpaired) electrons. The summed E-state index contributed by atoms with van der Waals surface area (Å²) in [5, 5.41) is 14.1. The van der Waals surface area contributed by atoms with E-state index in [4.69, 9.17) is 10.00 Å². The van der Waals surface area contributed by atoms with Gasteiger partial charge in [0.25, 0.3) is 17.5 Å². The first-order valence-corrected chi connectivity index (χ1v) is 9.28. The normalized spacial score (nSPS) is 11.5. The summed E-state index contributed by atoms with van der Waals surface area (Å²) < 4.78 is 72.1. The quantitative estimate of drug-likeness (QED) is 0.555. The molecule has 0 amide bonds. The summed E-state index contributed by atoms with van der Waals surface area (Å²) in [4.78, 5) is 28.0. The van der Waals surface area contributed by atoms with Gasteiger partial charge in [-0.2, -0.15) is 23.5 Å². The van der Waals surface area contributed by atoms with Gasteiger partial charge in [-0.05, 0) is 36.2 Å². The number of nitrogens with one attached hydrogen (secondary N) is 1. The highest BCUT2D eigenvalue weighted by atomic mass is 19.4. The number of nitriles is 1. The molecule has 3 rings (SSSR count). The van der Waals surface area contributed by atoms with Crippen LogP contribution < -0.4 is 15.9 Å². The predicted molar refractivity (Wildman–Crippen MR) is 103 cm³/mol. The molecule has 0 spiro atoms. The van der Waals surface area contributed by atoms with E-state index in [-0.39, 0.29) is 16.9 Å². The first kappa shape index (κ1) is 23.6. The third kappa shape index (κ3) is 5.22. The van der Waals surface area contributed by atoms with Gasteiger partial charge >= 0.3 is 6.18 Å². The van der Waals surface area contributed by atoms with E-state index >= 15 is 0 Å². The van der Waals surface area contributed by atoms with Gasteiger partial charge in [-0.15, -0.1) is 0 Å². The Morgan fingerprint density at radius 1 is 1.21 bits per heavy atom. The monoisotopic (exact) mass is 467 g/mol. The van der Waals surface area contributed by atoms with Crippen LogP contribution in [-0.2, 0) is 19.1 Å². The molecule has 0 unspecified atom stereocenters. The highest BCUT2D eigenvalue weighted by Crippen LogP contribution is 2.35. The Bertz CT molecular complexity index is 1340. The number of hydrogen-bond donors (Lipinski definition) is 1. The number of rotatable bonds is 6. The van der Waals surface area contributed by atoms with Crippen LogP contribution in [0.15, 0.2) is 40.2 Å². The molecule has 3 aromatic rings. The van der Waals surface area contributed by atoms with E-state index in [1.807, 2.05) is 11.2 Å². The minimum absolute atomic E-state index is 0.102. The van der Waals surface area contributed by atoms with Crippen molar-refractivity contribution in [3.63, 3.8) is 0 Å². The lowest BCUT2D eigenvalue weighted by atomic mass is 10.1. The SMILES string of the molecule is CCc1cc(C#N)cc(Oc2c(C(F)(F)F)ncn(Cc3cc(C(F)F)n[nH]c3=O)c2=O)c1. The van der Waals surface area contributed by atoms with Gasteiger partial charge in [0.2, 0.25) is 5.75 Å². The van der Waals surface area contributed by atoms with Gasteiger partial charge in [0.15, 0.2) is 5.69 Å². The largest absolute Gasteiger partial charge is 0.449 e. The van der Waals surface area contributed by atoms with Crippen LogP contribution >= 0.6 is 0 Å². The highest BCUT2D eigenvalue weighted by Gasteiger charge is 2.38. The number of H-pyrrole nitrogens is 1. The molecule has 0 saturated carbocycles. The highest BCUT2D eigenvalue weighted by molar-refractivity contribution is 5.43. The van der Waals surface area contributed by atoms with Crippen LogP contribution in [0.25, 0.3) is 0 Å². The lowest BCUT2D eigenvalue weighted by molar-refractivity contribution is -0.142. The van der Waals surface area contributed by atoms with Crippen molar-refractivity contribution in [3.8, 4) is 17.6 Å². The maximum absolute atomic E-state index is 13.5. The molecule has 2 aromatic heterocycles. The van der Waals surface area contributed by atoms with Crippen molar-refractivity contribution in [2.75, 3.05) is 0 Å². The molecule has 172 valence electrons. The fraction of sp³-hybridized carbons (Fsp3) is 0.250. The number of ether oxygens (including phenoxy) is 1. The average molecular weight is 467 g/mol. The Labute approximate surface area is 181 Å². The summed E-state index contributed by atoms with van der Waals surface area (Å²) in [6, 6.07) is 6.60. The molecule has 0 aliphatic heterocycles. The van der Waals surface area contributed by atoms with E-state index in [9.17, 15) is 31.5 Å². The molecule has 1 N–H and O–H groups in total. The third-order valence-electron chi connectivity index (χ3n) is 4.45. The fourth-order valence-electron chi connectivity index (χ4n) is 2.86. The zero-order chi connectivity index (χ0) is 24.3. The summed E-state index contributed by atoms with van der Waals surface area (Å²) in [7, 11) is 0. The molecule has 13 heteroatoms. The summed E-state index contributed by atoms with van der Waals surface area (Å²) in [6.45, 7) is 1.08. The second-order valence-corrected chi connectivity index (χ2v) is 6.73. The number of benzene rings is 1. The molecule has 0 atom stereocenters. The van der Waals surface area contributed by atoms with Crippen molar-refractivity contribution in [1.82, 2.24) is 19.7 Å². The molecule has 8 nitrogen and oxygen atoms in total. The second kappa shape index (κ2) is 9.19. The van der Waals surface area contributed by atoms with Crippen molar-refractivity contribution in [2.24, 2.45) is 0 Å². The van der Waals surface area contributed by atoms with Gasteiger partial charge in [0.05, 0.1) is 24.5 Å². The van der Waals surface area contributed by atoms with Gasteiger partial charge in [0, 0.05) is 5.56 Å². The van der Waals surface area contributed by atoms with Crippen LogP contribution in [0, 0.1) is 11.3 Å². The number of nitrogens with zero attached hydrogens (tertiary/aromatic N) is 4. The van der Waals surface area contributed by atoms with Gasteiger partial charge in [-0.1, -0.05) is 6.92 Å². The van der Waals surface area contributed by atoms with E-state index in [1.54, 1.807) is 6.92 Å². The Balaban J connectivity index is 2.12. The van der Waals surface area contributed by atoms with Gasteiger partial charge in [0.1, 0.15) is 11.4 Å². The van der Waals surface area contributed by atoms with Crippen LogP contribution in [0.4, 0.5) is 22.0 Å². The summed E-state index contributed by atoms with van der Waals surface area (Å²) in [5.74, 6) is -1.39. The summed E-state index contributed by atoms with van der Waals surface area (Å²) in [6.07, 6.45) is -7.12. The lowest BCUT2D eigenvalue weighted by Crippen LogP contribution is -2.29. The molecule has 0 aliphatic carbocycles. The van der Waals surface area contributed by atoms with Crippen molar-refractivity contribution < 1.29 is 26.7 Å². The Kier molecular flexibility index (Phi) is 6.57. The Morgan fingerprint density at radius 2 is 1.94 bits per heavy atom. The van der Waals surface area contributed by atoms with Crippen LogP contribution in [0.1, 0.15) is 41.4 Å². The van der Waals surface area contributed by atoms with Gasteiger partial charge < -0.3 is 4.74 Å². The molecule has 0 bridgehead atoms. The third-order valence-corrected chi connectivity index (χ3v) is 4.45. The summed E-state index contributed by atoms with van der Waals surface area (Å²) >= 11 is 0. The lowest BCUT2D eigenvalue weighted by Gasteiger charge is -2.15. The molecular weight excluding hydrogens is 453 g/mol. The van der Waals surface area contributed by atoms with Crippen LogP contribution in [0.2, 0.25) is 0 Å². The van der Waals surface area contributed by atoms with Crippen molar-refractivity contribution in [2.45, 2.75) is 32.5 Å². The molecule has 0 fully saturated rings. The van der Waals surface area contributed by atoms with Crippen molar-refractivity contribution >= 4 is 0 Å². The number of aromatic nitrogens is 4. The fourth-order valence-corrected chi connectivity index (χ4v) is 2.86. The van der Waals surface area contributed by atoms with E-state index in [0.29, 0.717) is 22.9 Å². The first-order chi connectivity index (χ1) is 15.5. The predicted octanol–water partition coefficient (Wildman–Crippen LogP) is 3.56. The van der Waals surface area contributed by atoms with Gasteiger partial charge in [-0.25, -0.2) is 18.9 Å². The number of aryl methyl sites for hydroxylation is 1. The topological polar surface area (TPSA) is 114 Å². The zero-order valence-corrected chi connectivity index (χ0v) is 16.8. The van der Waals surface area contributed by atoms with Crippen LogP contribution in [0.5, 0.6) is 11.5 Å². The van der Waals surface area contributed by atoms with E-state index < -0.39 is 47.4 Å². The zero-order valence-electron chi connectivity index (χ0n) is 16.8. The first-order valence-electron chi connectivity index (χ1n) is 9.28. The van der Waals surface area contributed by atoms with E-state index in [2.05, 4.69) is 10.1 Å². The molecule has 33 heavy (non-hydrogen) atoms. The van der Waals surface area contributed by atoms with Crippen LogP contribution in [0.3, 0.4) is 0 Å². The minimum atomic E-state index is -5.06. The second-order valence-electron chi connectivity index (χ2n) is 6.73. The minimum Gasteiger partial charge on any atom is -0.449 e.